The van der Waals surface area contributed by atoms with Crippen LogP contribution in [0.5, 0.6) is 0 Å². The Morgan fingerprint density at radius 2 is 1.54 bits per heavy atom. The van der Waals surface area contributed by atoms with Crippen LogP contribution in [-0.4, -0.2) is 39.6 Å². The van der Waals surface area contributed by atoms with Gasteiger partial charge in [-0.05, 0) is 24.0 Å². The molecule has 0 radical (unpaired) electrons. The minimum atomic E-state index is -1.83. The molecule has 2 aromatic carbocycles. The van der Waals surface area contributed by atoms with E-state index in [4.69, 9.17) is 0 Å². The van der Waals surface area contributed by atoms with Crippen molar-refractivity contribution in [1.29, 1.82) is 0 Å². The Morgan fingerprint density at radius 3 is 2.08 bits per heavy atom. The lowest BCUT2D eigenvalue weighted by atomic mass is 9.89. The Bertz CT molecular complexity index is 799. The third-order valence-corrected chi connectivity index (χ3v) is 5.03. The Hall–Kier alpha value is -2.66. The normalized spacial score (nSPS) is 20.5. The van der Waals surface area contributed by atoms with Crippen LogP contribution in [0.2, 0.25) is 0 Å². The van der Waals surface area contributed by atoms with E-state index in [0.29, 0.717) is 30.5 Å². The zero-order valence-electron chi connectivity index (χ0n) is 13.0. The standard InChI is InChI=1S/C19H17NO4/c21-17(22)16-10-5-11-20(16)18(23)19(24)14-8-3-1-6-12(14)13-7-2-4-9-15(13)19/h1-4,6-9,16,24H,5,10-11H2,(H,21,22)/t16-/m0/s1. The maximum absolute atomic E-state index is 13.2. The second kappa shape index (κ2) is 5.18. The summed E-state index contributed by atoms with van der Waals surface area (Å²) in [4.78, 5) is 26.0. The Labute approximate surface area is 139 Å². The van der Waals surface area contributed by atoms with Gasteiger partial charge in [-0.2, -0.15) is 0 Å². The van der Waals surface area contributed by atoms with E-state index in [1.165, 1.54) is 4.90 Å². The third kappa shape index (κ3) is 1.85. The Kier molecular flexibility index (Phi) is 3.21. The number of benzene rings is 2. The number of aliphatic hydroxyl groups is 1. The van der Waals surface area contributed by atoms with Crippen molar-refractivity contribution in [1.82, 2.24) is 4.90 Å². The summed E-state index contributed by atoms with van der Waals surface area (Å²) in [5, 5.41) is 20.8. The van der Waals surface area contributed by atoms with Crippen molar-refractivity contribution in [2.75, 3.05) is 6.54 Å². The van der Waals surface area contributed by atoms with Gasteiger partial charge >= 0.3 is 5.97 Å². The van der Waals surface area contributed by atoms with Gasteiger partial charge in [-0.25, -0.2) is 4.79 Å². The highest BCUT2D eigenvalue weighted by atomic mass is 16.4. The van der Waals surface area contributed by atoms with Crippen molar-refractivity contribution < 1.29 is 19.8 Å². The molecule has 2 aliphatic rings. The fraction of sp³-hybridized carbons (Fsp3) is 0.263. The Balaban J connectivity index is 1.87. The molecule has 0 unspecified atom stereocenters. The number of nitrogens with zero attached hydrogens (tertiary/aromatic N) is 1. The summed E-state index contributed by atoms with van der Waals surface area (Å²) in [7, 11) is 0. The second-order valence-electron chi connectivity index (χ2n) is 6.30. The van der Waals surface area contributed by atoms with E-state index in [0.717, 1.165) is 11.1 Å². The van der Waals surface area contributed by atoms with Crippen molar-refractivity contribution >= 4 is 11.9 Å². The van der Waals surface area contributed by atoms with Gasteiger partial charge < -0.3 is 15.1 Å². The lowest BCUT2D eigenvalue weighted by Gasteiger charge is -2.31. The molecule has 0 saturated carbocycles. The number of carbonyl (C=O) groups is 2. The molecule has 4 rings (SSSR count). The lowest BCUT2D eigenvalue weighted by Crippen LogP contribution is -2.50. The van der Waals surface area contributed by atoms with Gasteiger partial charge in [0.05, 0.1) is 0 Å². The molecule has 1 aliphatic heterocycles. The van der Waals surface area contributed by atoms with E-state index in [-0.39, 0.29) is 0 Å². The highest BCUT2D eigenvalue weighted by Crippen LogP contribution is 2.48. The minimum Gasteiger partial charge on any atom is -0.480 e. The molecule has 1 atom stereocenters. The van der Waals surface area contributed by atoms with Crippen molar-refractivity contribution in [3.8, 4) is 11.1 Å². The predicted molar refractivity (Wildman–Crippen MR) is 87.2 cm³/mol. The zero-order valence-corrected chi connectivity index (χ0v) is 13.0. The minimum absolute atomic E-state index is 0.350. The van der Waals surface area contributed by atoms with E-state index in [1.807, 2.05) is 24.3 Å². The number of amides is 1. The summed E-state index contributed by atoms with van der Waals surface area (Å²) in [5.41, 5.74) is 0.843. The first-order chi connectivity index (χ1) is 11.5. The van der Waals surface area contributed by atoms with Gasteiger partial charge in [0.15, 0.2) is 5.60 Å². The zero-order chi connectivity index (χ0) is 16.9. The molecule has 1 heterocycles. The molecule has 0 bridgehead atoms. The topological polar surface area (TPSA) is 77.8 Å². The Morgan fingerprint density at radius 1 is 1.00 bits per heavy atom. The smallest absolute Gasteiger partial charge is 0.326 e. The van der Waals surface area contributed by atoms with Crippen LogP contribution in [0.1, 0.15) is 24.0 Å². The van der Waals surface area contributed by atoms with Crippen molar-refractivity contribution in [2.24, 2.45) is 0 Å². The average molecular weight is 323 g/mol. The van der Waals surface area contributed by atoms with Crippen molar-refractivity contribution in [3.63, 3.8) is 0 Å². The molecule has 0 aromatic heterocycles. The first-order valence-electron chi connectivity index (χ1n) is 8.01. The third-order valence-electron chi connectivity index (χ3n) is 5.03. The molecule has 1 amide bonds. The lowest BCUT2D eigenvalue weighted by molar-refractivity contribution is -0.156. The summed E-state index contributed by atoms with van der Waals surface area (Å²) in [6.45, 7) is 0.350. The SMILES string of the molecule is O=C(O)[C@@H]1CCCN1C(=O)C1(O)c2ccccc2-c2ccccc21. The molecule has 0 spiro atoms. The number of aliphatic carboxylic acids is 1. The average Bonchev–Trinajstić information content (AvgIpc) is 3.18. The number of carboxylic acid groups (broad SMARTS) is 1. The van der Waals surface area contributed by atoms with E-state index >= 15 is 0 Å². The quantitative estimate of drug-likeness (QED) is 0.886. The summed E-state index contributed by atoms with van der Waals surface area (Å²) in [6, 6.07) is 13.6. The fourth-order valence-corrected chi connectivity index (χ4v) is 3.92. The summed E-state index contributed by atoms with van der Waals surface area (Å²) < 4.78 is 0. The number of carbonyl (C=O) groups excluding carboxylic acids is 1. The van der Waals surface area contributed by atoms with E-state index in [9.17, 15) is 19.8 Å². The predicted octanol–water partition coefficient (Wildman–Crippen LogP) is 1.98. The summed E-state index contributed by atoms with van der Waals surface area (Å²) >= 11 is 0. The molecule has 2 N–H and O–H groups in total. The van der Waals surface area contributed by atoms with Crippen molar-refractivity contribution in [2.45, 2.75) is 24.5 Å². The van der Waals surface area contributed by atoms with E-state index in [2.05, 4.69) is 0 Å². The van der Waals surface area contributed by atoms with Crippen LogP contribution in [0.4, 0.5) is 0 Å². The van der Waals surface area contributed by atoms with Crippen LogP contribution in [0.25, 0.3) is 11.1 Å². The van der Waals surface area contributed by atoms with E-state index in [1.54, 1.807) is 24.3 Å². The molecule has 24 heavy (non-hydrogen) atoms. The molecule has 122 valence electrons. The van der Waals surface area contributed by atoms with Gasteiger partial charge in [-0.1, -0.05) is 48.5 Å². The van der Waals surface area contributed by atoms with Gasteiger partial charge in [0, 0.05) is 17.7 Å². The summed E-state index contributed by atoms with van der Waals surface area (Å²) in [6.07, 6.45) is 1.04. The van der Waals surface area contributed by atoms with Gasteiger partial charge in [0.1, 0.15) is 6.04 Å². The van der Waals surface area contributed by atoms with Crippen LogP contribution < -0.4 is 0 Å². The van der Waals surface area contributed by atoms with Crippen LogP contribution in [0, 0.1) is 0 Å². The second-order valence-corrected chi connectivity index (χ2v) is 6.30. The van der Waals surface area contributed by atoms with Gasteiger partial charge in [0.25, 0.3) is 5.91 Å². The highest BCUT2D eigenvalue weighted by Gasteiger charge is 2.52. The molecule has 5 nitrogen and oxygen atoms in total. The first kappa shape index (κ1) is 14.9. The number of likely N-dealkylation sites (tertiary alicyclic amines) is 1. The van der Waals surface area contributed by atoms with Crippen LogP contribution in [0.15, 0.2) is 48.5 Å². The number of hydrogen-bond donors (Lipinski definition) is 2. The summed E-state index contributed by atoms with van der Waals surface area (Å²) in [5.74, 6) is -1.58. The molecule has 1 saturated heterocycles. The maximum Gasteiger partial charge on any atom is 0.326 e. The molecule has 1 fully saturated rings. The number of hydrogen-bond acceptors (Lipinski definition) is 3. The van der Waals surface area contributed by atoms with Gasteiger partial charge in [-0.15, -0.1) is 0 Å². The number of fused-ring (bicyclic) bond motifs is 3. The van der Waals surface area contributed by atoms with Gasteiger partial charge in [0.2, 0.25) is 0 Å². The number of carboxylic acids is 1. The fourth-order valence-electron chi connectivity index (χ4n) is 3.92. The molecule has 1 aliphatic carbocycles. The molecule has 5 heteroatoms. The van der Waals surface area contributed by atoms with Crippen LogP contribution in [-0.2, 0) is 15.2 Å². The molecule has 2 aromatic rings. The van der Waals surface area contributed by atoms with Gasteiger partial charge in [-0.3, -0.25) is 4.79 Å². The molecular formula is C19H17NO4. The highest BCUT2D eigenvalue weighted by molar-refractivity contribution is 6.00. The van der Waals surface area contributed by atoms with Crippen LogP contribution in [0.3, 0.4) is 0 Å². The first-order valence-corrected chi connectivity index (χ1v) is 8.01. The monoisotopic (exact) mass is 323 g/mol. The largest absolute Gasteiger partial charge is 0.480 e. The maximum atomic E-state index is 13.2. The number of rotatable bonds is 2. The molecular weight excluding hydrogens is 306 g/mol. The van der Waals surface area contributed by atoms with Crippen LogP contribution >= 0.6 is 0 Å². The van der Waals surface area contributed by atoms with Crippen molar-refractivity contribution in [3.05, 3.63) is 59.7 Å². The van der Waals surface area contributed by atoms with E-state index < -0.39 is 23.5 Å².